The van der Waals surface area contributed by atoms with Crippen molar-refractivity contribution in [3.05, 3.63) is 127 Å². The molecule has 8 rings (SSSR count). The van der Waals surface area contributed by atoms with Crippen molar-refractivity contribution in [2.24, 2.45) is 0 Å². The lowest BCUT2D eigenvalue weighted by Crippen LogP contribution is -1.98. The average Bonchev–Trinajstić information content (AvgIpc) is 3.29. The lowest BCUT2D eigenvalue weighted by atomic mass is 9.90. The molecule has 0 radical (unpaired) electrons. The average molecular weight is 460 g/mol. The Morgan fingerprint density at radius 2 is 1.11 bits per heavy atom. The van der Waals surface area contributed by atoms with Gasteiger partial charge >= 0.3 is 0 Å². The molecule has 0 bridgehead atoms. The molecule has 2 heteroatoms. The summed E-state index contributed by atoms with van der Waals surface area (Å²) in [5.74, 6) is 1.83. The molecule has 0 saturated carbocycles. The van der Waals surface area contributed by atoms with Crippen molar-refractivity contribution < 1.29 is 4.74 Å². The first-order valence-electron chi connectivity index (χ1n) is 12.3. The minimum absolute atomic E-state index is 0.913. The van der Waals surface area contributed by atoms with Gasteiger partial charge in [-0.25, -0.2) is 0 Å². The zero-order valence-electron chi connectivity index (χ0n) is 19.5. The number of nitrogens with zero attached hydrogens (tertiary/aromatic N) is 1. The molecule has 0 amide bonds. The summed E-state index contributed by atoms with van der Waals surface area (Å²) < 4.78 is 8.77. The van der Waals surface area contributed by atoms with E-state index in [1.807, 2.05) is 12.1 Å². The van der Waals surface area contributed by atoms with Crippen LogP contribution in [0, 0.1) is 0 Å². The standard InChI is InChI=1S/C34H21NO/c1-2-10-22(11-3-1)35-30-18-6-4-12-24(30)29-17-9-16-28(34(29)35)23-20-21-32-33-26(23)14-8-15-27(33)25-13-5-7-19-31(25)36-32/h1-21H. The zero-order valence-corrected chi connectivity index (χ0v) is 19.5. The fourth-order valence-electron chi connectivity index (χ4n) is 5.90. The van der Waals surface area contributed by atoms with Crippen LogP contribution in [0.15, 0.2) is 127 Å². The smallest absolute Gasteiger partial charge is 0.135 e. The summed E-state index contributed by atoms with van der Waals surface area (Å²) in [5.41, 5.74) is 8.40. The van der Waals surface area contributed by atoms with Gasteiger partial charge in [0, 0.05) is 33.0 Å². The van der Waals surface area contributed by atoms with Crippen LogP contribution in [0.3, 0.4) is 0 Å². The number of rotatable bonds is 2. The van der Waals surface area contributed by atoms with Gasteiger partial charge in [-0.2, -0.15) is 0 Å². The SMILES string of the molecule is c1ccc(-n2c3ccccc3c3cccc(-c4ccc5c6c(cccc46)-c4ccccc4O5)c32)cc1. The second kappa shape index (κ2) is 7.34. The Balaban J connectivity index is 1.51. The number of aromatic nitrogens is 1. The Morgan fingerprint density at radius 1 is 0.417 bits per heavy atom. The molecule has 0 fully saturated rings. The molecule has 1 aromatic heterocycles. The summed E-state index contributed by atoms with van der Waals surface area (Å²) in [6, 6.07) is 45.3. The normalized spacial score (nSPS) is 12.1. The van der Waals surface area contributed by atoms with Crippen LogP contribution in [0.5, 0.6) is 11.5 Å². The molecule has 2 nitrogen and oxygen atoms in total. The topological polar surface area (TPSA) is 14.2 Å². The summed E-state index contributed by atoms with van der Waals surface area (Å²) >= 11 is 0. The molecular formula is C34H21NO. The first-order valence-corrected chi connectivity index (χ1v) is 12.3. The molecule has 0 N–H and O–H groups in total. The van der Waals surface area contributed by atoms with E-state index < -0.39 is 0 Å². The van der Waals surface area contributed by atoms with E-state index in [1.54, 1.807) is 0 Å². The van der Waals surface area contributed by atoms with Gasteiger partial charge in [0.05, 0.1) is 11.0 Å². The number of fused-ring (bicyclic) bond motifs is 5. The molecule has 2 heterocycles. The minimum Gasteiger partial charge on any atom is -0.456 e. The van der Waals surface area contributed by atoms with Crippen molar-refractivity contribution in [3.63, 3.8) is 0 Å². The lowest BCUT2D eigenvalue weighted by Gasteiger charge is -2.22. The zero-order chi connectivity index (χ0) is 23.6. The molecule has 1 aliphatic rings. The van der Waals surface area contributed by atoms with Gasteiger partial charge in [-0.1, -0.05) is 91.0 Å². The second-order valence-electron chi connectivity index (χ2n) is 9.33. The third kappa shape index (κ3) is 2.61. The number of ether oxygens (including phenoxy) is 1. The number of benzene rings is 6. The lowest BCUT2D eigenvalue weighted by molar-refractivity contribution is 0.487. The summed E-state index contributed by atoms with van der Waals surface area (Å²) in [7, 11) is 0. The molecule has 168 valence electrons. The van der Waals surface area contributed by atoms with Gasteiger partial charge in [-0.05, 0) is 52.9 Å². The van der Waals surface area contributed by atoms with E-state index in [-0.39, 0.29) is 0 Å². The van der Waals surface area contributed by atoms with E-state index in [9.17, 15) is 0 Å². The van der Waals surface area contributed by atoms with E-state index in [0.29, 0.717) is 0 Å². The number of hydrogen-bond donors (Lipinski definition) is 0. The maximum absolute atomic E-state index is 6.36. The van der Waals surface area contributed by atoms with Crippen molar-refractivity contribution in [3.8, 4) is 39.4 Å². The van der Waals surface area contributed by atoms with Crippen LogP contribution in [-0.4, -0.2) is 4.57 Å². The highest BCUT2D eigenvalue weighted by molar-refractivity contribution is 6.17. The Morgan fingerprint density at radius 3 is 2.03 bits per heavy atom. The third-order valence-electron chi connectivity index (χ3n) is 7.40. The van der Waals surface area contributed by atoms with Crippen LogP contribution < -0.4 is 4.74 Å². The second-order valence-corrected chi connectivity index (χ2v) is 9.33. The van der Waals surface area contributed by atoms with Gasteiger partial charge in [-0.3, -0.25) is 0 Å². The van der Waals surface area contributed by atoms with Gasteiger partial charge in [0.2, 0.25) is 0 Å². The van der Waals surface area contributed by atoms with Crippen molar-refractivity contribution >= 4 is 32.6 Å². The van der Waals surface area contributed by atoms with Crippen LogP contribution in [0.1, 0.15) is 0 Å². The van der Waals surface area contributed by atoms with Gasteiger partial charge < -0.3 is 9.30 Å². The van der Waals surface area contributed by atoms with Gasteiger partial charge in [0.15, 0.2) is 0 Å². The summed E-state index contributed by atoms with van der Waals surface area (Å²) in [6.07, 6.45) is 0. The molecule has 1 aliphatic heterocycles. The minimum atomic E-state index is 0.913. The Kier molecular flexibility index (Phi) is 3.97. The van der Waals surface area contributed by atoms with Crippen LogP contribution >= 0.6 is 0 Å². The van der Waals surface area contributed by atoms with Crippen LogP contribution in [0.2, 0.25) is 0 Å². The highest BCUT2D eigenvalue weighted by Crippen LogP contribution is 2.49. The molecule has 7 aromatic rings. The first-order chi connectivity index (χ1) is 17.9. The molecule has 0 unspecified atom stereocenters. The van der Waals surface area contributed by atoms with Gasteiger partial charge in [-0.15, -0.1) is 0 Å². The molecule has 0 aliphatic carbocycles. The predicted molar refractivity (Wildman–Crippen MR) is 149 cm³/mol. The maximum atomic E-state index is 6.36. The van der Waals surface area contributed by atoms with Crippen LogP contribution in [0.4, 0.5) is 0 Å². The van der Waals surface area contributed by atoms with Crippen molar-refractivity contribution in [2.45, 2.75) is 0 Å². The largest absolute Gasteiger partial charge is 0.456 e. The van der Waals surface area contributed by atoms with Crippen molar-refractivity contribution in [1.29, 1.82) is 0 Å². The Labute approximate surface area is 208 Å². The van der Waals surface area contributed by atoms with Gasteiger partial charge in [0.1, 0.15) is 11.5 Å². The molecular weight excluding hydrogens is 438 g/mol. The Hall–Kier alpha value is -4.82. The van der Waals surface area contributed by atoms with Crippen LogP contribution in [0.25, 0.3) is 60.5 Å². The number of para-hydroxylation sites is 4. The predicted octanol–water partition coefficient (Wildman–Crippen LogP) is 9.38. The number of hydrogen-bond acceptors (Lipinski definition) is 1. The maximum Gasteiger partial charge on any atom is 0.135 e. The summed E-state index contributed by atoms with van der Waals surface area (Å²) in [5, 5.41) is 4.90. The van der Waals surface area contributed by atoms with E-state index in [2.05, 4.69) is 120 Å². The van der Waals surface area contributed by atoms with Crippen molar-refractivity contribution in [2.75, 3.05) is 0 Å². The fourth-order valence-corrected chi connectivity index (χ4v) is 5.90. The highest BCUT2D eigenvalue weighted by atomic mass is 16.5. The Bertz CT molecular complexity index is 1960. The molecule has 0 atom stereocenters. The summed E-state index contributed by atoms with van der Waals surface area (Å²) in [6.45, 7) is 0. The van der Waals surface area contributed by atoms with Crippen LogP contribution in [-0.2, 0) is 0 Å². The highest BCUT2D eigenvalue weighted by Gasteiger charge is 2.23. The fraction of sp³-hybridized carbons (Fsp3) is 0. The molecule has 0 spiro atoms. The first kappa shape index (κ1) is 19.5. The van der Waals surface area contributed by atoms with Gasteiger partial charge in [0.25, 0.3) is 0 Å². The monoisotopic (exact) mass is 459 g/mol. The molecule has 0 saturated heterocycles. The van der Waals surface area contributed by atoms with E-state index in [0.717, 1.165) is 22.7 Å². The quantitative estimate of drug-likeness (QED) is 0.251. The summed E-state index contributed by atoms with van der Waals surface area (Å²) in [4.78, 5) is 0. The molecule has 36 heavy (non-hydrogen) atoms. The van der Waals surface area contributed by atoms with Crippen molar-refractivity contribution in [1.82, 2.24) is 4.57 Å². The van der Waals surface area contributed by atoms with E-state index >= 15 is 0 Å². The molecule has 6 aromatic carbocycles. The third-order valence-corrected chi connectivity index (χ3v) is 7.40. The van der Waals surface area contributed by atoms with E-state index in [1.165, 1.54) is 49.3 Å². The van der Waals surface area contributed by atoms with E-state index in [4.69, 9.17) is 4.74 Å².